The van der Waals surface area contributed by atoms with Crippen molar-refractivity contribution in [2.75, 3.05) is 6.54 Å². The molecule has 2 aromatic rings. The van der Waals surface area contributed by atoms with Crippen LogP contribution in [0.3, 0.4) is 0 Å². The summed E-state index contributed by atoms with van der Waals surface area (Å²) >= 11 is 12.5. The molecule has 1 fully saturated rings. The minimum atomic E-state index is 0.347. The lowest BCUT2D eigenvalue weighted by atomic mass is 10.0. The van der Waals surface area contributed by atoms with Crippen LogP contribution in [0.4, 0.5) is 0 Å². The van der Waals surface area contributed by atoms with Gasteiger partial charge in [-0.05, 0) is 42.6 Å². The van der Waals surface area contributed by atoms with Crippen LogP contribution in [-0.4, -0.2) is 12.6 Å². The van der Waals surface area contributed by atoms with Crippen LogP contribution in [0.5, 0.6) is 0 Å². The van der Waals surface area contributed by atoms with E-state index in [4.69, 9.17) is 23.2 Å². The molecular weight excluding hydrogens is 315 g/mol. The third kappa shape index (κ3) is 3.47. The molecule has 2 nitrogen and oxygen atoms in total. The van der Waals surface area contributed by atoms with E-state index in [0.717, 1.165) is 30.6 Å². The molecule has 4 heteroatoms. The first kappa shape index (κ1) is 15.8. The largest absolute Gasteiger partial charge is 0.309 e. The highest BCUT2D eigenvalue weighted by molar-refractivity contribution is 6.42. The number of rotatable bonds is 4. The van der Waals surface area contributed by atoms with Gasteiger partial charge in [-0.2, -0.15) is 0 Å². The second-order valence-corrected chi connectivity index (χ2v) is 6.62. The topological polar surface area (TPSA) is 24.1 Å². The van der Waals surface area contributed by atoms with Gasteiger partial charge in [0, 0.05) is 18.6 Å². The number of hydrogen-bond acceptors (Lipinski definition) is 2. The Labute approximate surface area is 141 Å². The zero-order chi connectivity index (χ0) is 15.5. The Kier molecular flexibility index (Phi) is 5.04. The van der Waals surface area contributed by atoms with E-state index in [2.05, 4.69) is 47.0 Å². The van der Waals surface area contributed by atoms with Gasteiger partial charge >= 0.3 is 0 Å². The zero-order valence-electron chi connectivity index (χ0n) is 12.6. The first-order chi connectivity index (χ1) is 10.6. The smallest absolute Gasteiger partial charge is 0.0637 e. The molecule has 2 aromatic carbocycles. The third-order valence-electron chi connectivity index (χ3n) is 4.18. The predicted molar refractivity (Wildman–Crippen MR) is 93.6 cm³/mol. The number of halogens is 2. The van der Waals surface area contributed by atoms with Crippen molar-refractivity contribution >= 4 is 23.2 Å². The van der Waals surface area contributed by atoms with Gasteiger partial charge in [0.25, 0.3) is 0 Å². The molecule has 1 heterocycles. The Morgan fingerprint density at radius 3 is 2.73 bits per heavy atom. The fourth-order valence-corrected chi connectivity index (χ4v) is 3.57. The van der Waals surface area contributed by atoms with Gasteiger partial charge in [-0.3, -0.25) is 0 Å². The first-order valence-corrected chi connectivity index (χ1v) is 8.37. The highest BCUT2D eigenvalue weighted by Gasteiger charge is 2.27. The fourth-order valence-electron chi connectivity index (χ4n) is 3.10. The van der Waals surface area contributed by atoms with Gasteiger partial charge in [-0.1, -0.05) is 59.6 Å². The summed E-state index contributed by atoms with van der Waals surface area (Å²) in [6.07, 6.45) is 1.11. The monoisotopic (exact) mass is 334 g/mol. The summed E-state index contributed by atoms with van der Waals surface area (Å²) in [7, 11) is 0. The lowest BCUT2D eigenvalue weighted by Crippen LogP contribution is -2.34. The van der Waals surface area contributed by atoms with Crippen LogP contribution in [0, 0.1) is 6.92 Å². The van der Waals surface area contributed by atoms with Gasteiger partial charge in [0.1, 0.15) is 0 Å². The minimum absolute atomic E-state index is 0.347. The van der Waals surface area contributed by atoms with Gasteiger partial charge in [0.15, 0.2) is 0 Å². The second-order valence-electron chi connectivity index (χ2n) is 5.84. The Bertz CT molecular complexity index is 643. The summed E-state index contributed by atoms with van der Waals surface area (Å²) < 4.78 is 0. The Balaban J connectivity index is 1.71. The molecule has 1 aliphatic rings. The van der Waals surface area contributed by atoms with Gasteiger partial charge in [-0.25, -0.2) is 0 Å². The summed E-state index contributed by atoms with van der Waals surface area (Å²) in [5, 5.41) is 8.49. The molecule has 0 saturated carbocycles. The SMILES string of the molecule is Cc1cc(Cl)c(Cl)c(CNC2CCN[C@H]2c2ccccc2)c1. The molecule has 1 saturated heterocycles. The fraction of sp³-hybridized carbons (Fsp3) is 0.333. The average Bonchev–Trinajstić information content (AvgIpc) is 2.99. The van der Waals surface area contributed by atoms with E-state index in [1.807, 2.05) is 13.0 Å². The number of aryl methyl sites for hydroxylation is 1. The molecule has 0 amide bonds. The summed E-state index contributed by atoms with van der Waals surface area (Å²) in [6, 6.07) is 15.3. The lowest BCUT2D eigenvalue weighted by Gasteiger charge is -2.22. The van der Waals surface area contributed by atoms with E-state index in [9.17, 15) is 0 Å². The van der Waals surface area contributed by atoms with E-state index >= 15 is 0 Å². The molecule has 116 valence electrons. The van der Waals surface area contributed by atoms with Crippen molar-refractivity contribution in [3.8, 4) is 0 Å². The highest BCUT2D eigenvalue weighted by Crippen LogP contribution is 2.29. The van der Waals surface area contributed by atoms with Crippen molar-refractivity contribution in [2.24, 2.45) is 0 Å². The molecule has 2 atom stereocenters. The summed E-state index contributed by atoms with van der Waals surface area (Å²) in [4.78, 5) is 0. The molecule has 0 spiro atoms. The van der Waals surface area contributed by atoms with Crippen molar-refractivity contribution in [3.05, 3.63) is 69.2 Å². The van der Waals surface area contributed by atoms with Crippen LogP contribution in [0.2, 0.25) is 10.0 Å². The zero-order valence-corrected chi connectivity index (χ0v) is 14.1. The molecular formula is C18H20Cl2N2. The maximum absolute atomic E-state index is 6.32. The molecule has 0 aromatic heterocycles. The summed E-state index contributed by atoms with van der Waals surface area (Å²) in [6.45, 7) is 3.80. The normalized spacial score (nSPS) is 21.2. The molecule has 2 N–H and O–H groups in total. The molecule has 1 aliphatic heterocycles. The van der Waals surface area contributed by atoms with Crippen LogP contribution >= 0.6 is 23.2 Å². The van der Waals surface area contributed by atoms with Gasteiger partial charge in [0.05, 0.1) is 10.0 Å². The Morgan fingerprint density at radius 2 is 1.95 bits per heavy atom. The Morgan fingerprint density at radius 1 is 1.18 bits per heavy atom. The average molecular weight is 335 g/mol. The van der Waals surface area contributed by atoms with Crippen molar-refractivity contribution < 1.29 is 0 Å². The highest BCUT2D eigenvalue weighted by atomic mass is 35.5. The van der Waals surface area contributed by atoms with Gasteiger partial charge < -0.3 is 10.6 Å². The van der Waals surface area contributed by atoms with Gasteiger partial charge in [-0.15, -0.1) is 0 Å². The van der Waals surface area contributed by atoms with Crippen molar-refractivity contribution in [1.29, 1.82) is 0 Å². The standard InChI is InChI=1S/C18H20Cl2N2/c1-12-9-14(17(20)15(19)10-12)11-22-16-7-8-21-18(16)13-5-3-2-4-6-13/h2-6,9-10,16,18,21-22H,7-8,11H2,1H3/t16?,18-/m0/s1. The maximum atomic E-state index is 6.32. The van der Waals surface area contributed by atoms with E-state index in [0.29, 0.717) is 22.1 Å². The number of nitrogens with one attached hydrogen (secondary N) is 2. The van der Waals surface area contributed by atoms with Crippen LogP contribution in [0.1, 0.15) is 29.2 Å². The molecule has 1 unspecified atom stereocenters. The molecule has 0 bridgehead atoms. The third-order valence-corrected chi connectivity index (χ3v) is 5.02. The summed E-state index contributed by atoms with van der Waals surface area (Å²) in [5.41, 5.74) is 3.52. The Hall–Kier alpha value is -1.06. The molecule has 0 radical (unpaired) electrons. The van der Waals surface area contributed by atoms with Crippen molar-refractivity contribution in [2.45, 2.75) is 32.0 Å². The lowest BCUT2D eigenvalue weighted by molar-refractivity contribution is 0.461. The number of hydrogen-bond donors (Lipinski definition) is 2. The van der Waals surface area contributed by atoms with Crippen molar-refractivity contribution in [3.63, 3.8) is 0 Å². The second kappa shape index (κ2) is 7.01. The number of benzene rings is 2. The first-order valence-electron chi connectivity index (χ1n) is 7.61. The minimum Gasteiger partial charge on any atom is -0.309 e. The van der Waals surface area contributed by atoms with Crippen LogP contribution in [0.25, 0.3) is 0 Å². The van der Waals surface area contributed by atoms with Crippen LogP contribution < -0.4 is 10.6 Å². The van der Waals surface area contributed by atoms with E-state index in [1.165, 1.54) is 5.56 Å². The quantitative estimate of drug-likeness (QED) is 0.860. The predicted octanol–water partition coefficient (Wildman–Crippen LogP) is 4.49. The van der Waals surface area contributed by atoms with E-state index in [1.54, 1.807) is 0 Å². The van der Waals surface area contributed by atoms with E-state index < -0.39 is 0 Å². The molecule has 0 aliphatic carbocycles. The maximum Gasteiger partial charge on any atom is 0.0637 e. The van der Waals surface area contributed by atoms with Crippen molar-refractivity contribution in [1.82, 2.24) is 10.6 Å². The van der Waals surface area contributed by atoms with Crippen LogP contribution in [-0.2, 0) is 6.54 Å². The molecule has 3 rings (SSSR count). The van der Waals surface area contributed by atoms with E-state index in [-0.39, 0.29) is 0 Å². The molecule has 22 heavy (non-hydrogen) atoms. The summed E-state index contributed by atoms with van der Waals surface area (Å²) in [5.74, 6) is 0. The van der Waals surface area contributed by atoms with Gasteiger partial charge in [0.2, 0.25) is 0 Å². The van der Waals surface area contributed by atoms with Crippen LogP contribution in [0.15, 0.2) is 42.5 Å².